The lowest BCUT2D eigenvalue weighted by Crippen LogP contribution is -2.16. The van der Waals surface area contributed by atoms with Crippen molar-refractivity contribution in [3.8, 4) is 0 Å². The number of aliphatic hydroxyl groups excluding tert-OH is 1. The van der Waals surface area contributed by atoms with E-state index in [-0.39, 0.29) is 6.61 Å². The second-order valence-corrected chi connectivity index (χ2v) is 3.30. The third-order valence-electron chi connectivity index (χ3n) is 0.947. The Morgan fingerprint density at radius 1 is 1.31 bits per heavy atom. The molecule has 0 amide bonds. The summed E-state index contributed by atoms with van der Waals surface area (Å²) >= 11 is 0. The monoisotopic (exact) mass is 215 g/mol. The maximum atomic E-state index is 9.92. The fourth-order valence-corrected chi connectivity index (χ4v) is 0.460. The van der Waals surface area contributed by atoms with E-state index in [0.29, 0.717) is 0 Å². The highest BCUT2D eigenvalue weighted by Gasteiger charge is 2.01. The first-order valence-electron chi connectivity index (χ1n) is 3.71. The molecule has 13 heavy (non-hydrogen) atoms. The second kappa shape index (κ2) is 9.87. The van der Waals surface area contributed by atoms with Crippen molar-refractivity contribution in [2.45, 2.75) is 6.92 Å². The number of hydrogen-bond acceptors (Lipinski definition) is 6. The molecule has 0 aliphatic carbocycles. The molecule has 0 heterocycles. The van der Waals surface area contributed by atoms with E-state index in [2.05, 4.69) is 13.7 Å². The molecule has 0 rings (SSSR count). The van der Waals surface area contributed by atoms with Gasteiger partial charge in [-0.15, -0.1) is 0 Å². The smallest absolute Gasteiger partial charge is 0.395 e. The van der Waals surface area contributed by atoms with Crippen molar-refractivity contribution in [1.29, 1.82) is 0 Å². The summed E-state index contributed by atoms with van der Waals surface area (Å²) in [6.45, 7) is 3.92. The number of likely N-dealkylation sites (N-methyl/N-ethyl adjacent to an activating group) is 1. The molecule has 0 aromatic carbocycles. The van der Waals surface area contributed by atoms with Crippen LogP contribution >= 0.6 is 0 Å². The van der Waals surface area contributed by atoms with E-state index in [9.17, 15) is 8.42 Å². The van der Waals surface area contributed by atoms with Crippen molar-refractivity contribution >= 4 is 10.4 Å². The van der Waals surface area contributed by atoms with Gasteiger partial charge in [0.2, 0.25) is 0 Å². The molecular weight excluding hydrogens is 198 g/mol. The normalized spacial score (nSPS) is 10.5. The summed E-state index contributed by atoms with van der Waals surface area (Å²) in [5, 5.41) is 11.1. The van der Waals surface area contributed by atoms with Crippen LogP contribution in [-0.2, 0) is 18.8 Å². The van der Waals surface area contributed by atoms with Gasteiger partial charge in [0.05, 0.1) is 20.8 Å². The fraction of sp³-hybridized carbons (Fsp3) is 1.00. The molecule has 82 valence electrons. The van der Waals surface area contributed by atoms with Gasteiger partial charge in [0, 0.05) is 6.54 Å². The predicted octanol–water partition coefficient (Wildman–Crippen LogP) is -0.888. The lowest BCUT2D eigenvalue weighted by molar-refractivity contribution is 0.286. The Morgan fingerprint density at radius 3 is 1.85 bits per heavy atom. The molecule has 0 aromatic rings. The van der Waals surface area contributed by atoms with E-state index in [0.717, 1.165) is 27.3 Å². The van der Waals surface area contributed by atoms with Crippen molar-refractivity contribution in [2.24, 2.45) is 0 Å². The molecule has 0 saturated carbocycles. The quantitative estimate of drug-likeness (QED) is 0.579. The van der Waals surface area contributed by atoms with Crippen LogP contribution in [-0.4, -0.2) is 47.4 Å². The molecule has 0 fully saturated rings. The van der Waals surface area contributed by atoms with Crippen molar-refractivity contribution < 1.29 is 21.9 Å². The molecule has 2 N–H and O–H groups in total. The first kappa shape index (κ1) is 15.3. The topological polar surface area (TPSA) is 84.9 Å². The van der Waals surface area contributed by atoms with Gasteiger partial charge >= 0.3 is 10.4 Å². The van der Waals surface area contributed by atoms with E-state index >= 15 is 0 Å². The molecule has 0 radical (unpaired) electrons. The van der Waals surface area contributed by atoms with Crippen molar-refractivity contribution in [3.05, 3.63) is 0 Å². The van der Waals surface area contributed by atoms with Crippen LogP contribution in [0.1, 0.15) is 6.92 Å². The van der Waals surface area contributed by atoms with Gasteiger partial charge in [-0.1, -0.05) is 6.92 Å². The van der Waals surface area contributed by atoms with Crippen LogP contribution in [0.3, 0.4) is 0 Å². The zero-order valence-electron chi connectivity index (χ0n) is 8.11. The van der Waals surface area contributed by atoms with Crippen molar-refractivity contribution in [1.82, 2.24) is 5.32 Å². The minimum Gasteiger partial charge on any atom is -0.395 e. The van der Waals surface area contributed by atoms with E-state index in [1.54, 1.807) is 0 Å². The molecular formula is C6H17NO5S. The molecule has 0 aromatic heterocycles. The summed E-state index contributed by atoms with van der Waals surface area (Å²) in [6.07, 6.45) is 0. The Morgan fingerprint density at radius 2 is 1.77 bits per heavy atom. The van der Waals surface area contributed by atoms with Crippen LogP contribution < -0.4 is 5.32 Å². The van der Waals surface area contributed by atoms with Crippen molar-refractivity contribution in [3.63, 3.8) is 0 Å². The highest BCUT2D eigenvalue weighted by molar-refractivity contribution is 7.81. The Balaban J connectivity index is 0. The molecule has 0 aliphatic rings. The zero-order chi connectivity index (χ0) is 10.7. The van der Waals surface area contributed by atoms with Crippen molar-refractivity contribution in [2.75, 3.05) is 33.9 Å². The second-order valence-electron chi connectivity index (χ2n) is 1.82. The van der Waals surface area contributed by atoms with E-state index in [1.807, 2.05) is 6.92 Å². The molecule has 0 unspecified atom stereocenters. The van der Waals surface area contributed by atoms with Crippen LogP contribution in [0.15, 0.2) is 0 Å². The largest absolute Gasteiger partial charge is 0.399 e. The Bertz CT molecular complexity index is 165. The molecule has 0 spiro atoms. The highest BCUT2D eigenvalue weighted by atomic mass is 32.3. The Labute approximate surface area is 79.2 Å². The molecule has 7 heteroatoms. The van der Waals surface area contributed by atoms with Gasteiger partial charge in [-0.3, -0.25) is 8.37 Å². The summed E-state index contributed by atoms with van der Waals surface area (Å²) in [4.78, 5) is 0. The van der Waals surface area contributed by atoms with Crippen LogP contribution in [0, 0.1) is 0 Å². The van der Waals surface area contributed by atoms with Crippen LogP contribution in [0.5, 0.6) is 0 Å². The minimum absolute atomic E-state index is 0.244. The molecule has 0 aliphatic heterocycles. The average Bonchev–Trinajstić information content (AvgIpc) is 2.16. The summed E-state index contributed by atoms with van der Waals surface area (Å²) in [5.41, 5.74) is 0. The van der Waals surface area contributed by atoms with E-state index < -0.39 is 10.4 Å². The SMILES string of the molecule is CCNCCO.COS(=O)(=O)OC. The standard InChI is InChI=1S/C4H11NO.C2H6O4S/c1-2-5-3-4-6;1-5-7(3,4)6-2/h5-6H,2-4H2,1H3;1-2H3. The Hall–Kier alpha value is -0.210. The van der Waals surface area contributed by atoms with E-state index in [1.165, 1.54) is 0 Å². The maximum Gasteiger partial charge on any atom is 0.399 e. The van der Waals surface area contributed by atoms with Crippen LogP contribution in [0.4, 0.5) is 0 Å². The summed E-state index contributed by atoms with van der Waals surface area (Å²) in [6, 6.07) is 0. The highest BCUT2D eigenvalue weighted by Crippen LogP contribution is 1.85. The number of nitrogens with one attached hydrogen (secondary N) is 1. The van der Waals surface area contributed by atoms with Gasteiger partial charge in [-0.05, 0) is 6.54 Å². The average molecular weight is 215 g/mol. The number of hydrogen-bond donors (Lipinski definition) is 2. The first-order chi connectivity index (χ1) is 6.04. The third-order valence-corrected chi connectivity index (χ3v) is 1.76. The summed E-state index contributed by atoms with van der Waals surface area (Å²) in [5.74, 6) is 0. The van der Waals surface area contributed by atoms with Gasteiger partial charge in [0.25, 0.3) is 0 Å². The van der Waals surface area contributed by atoms with Gasteiger partial charge in [0.15, 0.2) is 0 Å². The molecule has 0 saturated heterocycles. The van der Waals surface area contributed by atoms with Gasteiger partial charge in [-0.2, -0.15) is 8.42 Å². The lowest BCUT2D eigenvalue weighted by Gasteiger charge is -1.91. The fourth-order valence-electron chi connectivity index (χ4n) is 0.324. The predicted molar refractivity (Wildman–Crippen MR) is 48.6 cm³/mol. The molecule has 0 bridgehead atoms. The first-order valence-corrected chi connectivity index (χ1v) is 5.05. The molecule has 0 atom stereocenters. The number of aliphatic hydroxyl groups is 1. The molecule has 6 nitrogen and oxygen atoms in total. The maximum absolute atomic E-state index is 9.92. The van der Waals surface area contributed by atoms with Gasteiger partial charge in [0.1, 0.15) is 0 Å². The van der Waals surface area contributed by atoms with E-state index in [4.69, 9.17) is 5.11 Å². The number of rotatable bonds is 5. The zero-order valence-corrected chi connectivity index (χ0v) is 8.93. The third kappa shape index (κ3) is 14.6. The lowest BCUT2D eigenvalue weighted by atomic mass is 10.6. The van der Waals surface area contributed by atoms with Gasteiger partial charge < -0.3 is 10.4 Å². The van der Waals surface area contributed by atoms with Crippen LogP contribution in [0.2, 0.25) is 0 Å². The minimum atomic E-state index is -3.66. The Kier molecular flexibility index (Phi) is 11.6. The summed E-state index contributed by atoms with van der Waals surface area (Å²) in [7, 11) is -1.60. The van der Waals surface area contributed by atoms with Gasteiger partial charge in [-0.25, -0.2) is 0 Å². The van der Waals surface area contributed by atoms with Crippen LogP contribution in [0.25, 0.3) is 0 Å². The summed E-state index contributed by atoms with van der Waals surface area (Å²) < 4.78 is 27.5.